The third kappa shape index (κ3) is 6.41. The SMILES string of the molecule is CC(C)(C)c1ccnc(-n2c3ccccc3c3ccc(Oc4cccc(N5CN(C6=C(c7ccccc7)B7C=CC=CN7C=C6c6ccccc6)c6ccccc65)c4)cc32)c1. The third-order valence-electron chi connectivity index (χ3n) is 12.1. The molecule has 0 radical (unpaired) electrons. The van der Waals surface area contributed by atoms with E-state index in [1.54, 1.807) is 0 Å². The molecule has 0 saturated carbocycles. The van der Waals surface area contributed by atoms with Gasteiger partial charge in [0.25, 0.3) is 0 Å². The van der Waals surface area contributed by atoms with Crippen molar-refractivity contribution in [1.82, 2.24) is 14.4 Å². The highest BCUT2D eigenvalue weighted by atomic mass is 16.5. The summed E-state index contributed by atoms with van der Waals surface area (Å²) in [5.41, 5.74) is 12.8. The number of pyridine rings is 1. The van der Waals surface area contributed by atoms with E-state index < -0.39 is 0 Å². The Morgan fingerprint density at radius 1 is 0.607 bits per heavy atom. The average molecular weight is 790 g/mol. The molecule has 61 heavy (non-hydrogen) atoms. The molecular formula is C54H44BN5O. The number of rotatable bonds is 7. The minimum Gasteiger partial charge on any atom is -0.457 e. The molecule has 6 aromatic carbocycles. The average Bonchev–Trinajstić information content (AvgIpc) is 3.85. The van der Waals surface area contributed by atoms with Gasteiger partial charge in [0.2, 0.25) is 0 Å². The number of ether oxygens (including phenoxy) is 1. The highest BCUT2D eigenvalue weighted by Crippen LogP contribution is 2.49. The predicted octanol–water partition coefficient (Wildman–Crippen LogP) is 13.1. The van der Waals surface area contributed by atoms with E-state index in [0.717, 1.165) is 50.8 Å². The zero-order chi connectivity index (χ0) is 41.1. The summed E-state index contributed by atoms with van der Waals surface area (Å²) >= 11 is 0. The van der Waals surface area contributed by atoms with Crippen molar-refractivity contribution < 1.29 is 4.74 Å². The van der Waals surface area contributed by atoms with Crippen molar-refractivity contribution in [3.8, 4) is 17.3 Å². The van der Waals surface area contributed by atoms with Gasteiger partial charge >= 0.3 is 6.85 Å². The number of fused-ring (bicyclic) bond motifs is 5. The van der Waals surface area contributed by atoms with E-state index in [-0.39, 0.29) is 12.3 Å². The Balaban J connectivity index is 0.988. The lowest BCUT2D eigenvalue weighted by Gasteiger charge is -2.38. The summed E-state index contributed by atoms with van der Waals surface area (Å²) < 4.78 is 9.04. The zero-order valence-electron chi connectivity index (χ0n) is 34.5. The lowest BCUT2D eigenvalue weighted by atomic mass is 9.49. The largest absolute Gasteiger partial charge is 0.457 e. The van der Waals surface area contributed by atoms with Gasteiger partial charge in [0.15, 0.2) is 0 Å². The van der Waals surface area contributed by atoms with Gasteiger partial charge in [-0.1, -0.05) is 130 Å². The number of nitrogens with zero attached hydrogens (tertiary/aromatic N) is 5. The van der Waals surface area contributed by atoms with E-state index in [1.807, 2.05) is 12.3 Å². The molecule has 2 aromatic heterocycles. The molecule has 6 nitrogen and oxygen atoms in total. The van der Waals surface area contributed by atoms with Gasteiger partial charge < -0.3 is 19.3 Å². The van der Waals surface area contributed by atoms with Crippen LogP contribution < -0.4 is 14.5 Å². The summed E-state index contributed by atoms with van der Waals surface area (Å²) in [6.45, 7) is 7.39. The van der Waals surface area contributed by atoms with E-state index >= 15 is 0 Å². The number of para-hydroxylation sites is 3. The van der Waals surface area contributed by atoms with Crippen molar-refractivity contribution in [3.05, 3.63) is 223 Å². The first-order valence-corrected chi connectivity index (χ1v) is 21.0. The van der Waals surface area contributed by atoms with Gasteiger partial charge in [-0.3, -0.25) is 4.57 Å². The zero-order valence-corrected chi connectivity index (χ0v) is 34.5. The number of hydrogen-bond donors (Lipinski definition) is 0. The van der Waals surface area contributed by atoms with Gasteiger partial charge in [-0.15, -0.1) is 0 Å². The van der Waals surface area contributed by atoms with Crippen LogP contribution in [0.4, 0.5) is 17.1 Å². The summed E-state index contributed by atoms with van der Waals surface area (Å²) in [5, 5.41) is 2.34. The summed E-state index contributed by atoms with van der Waals surface area (Å²) in [6.07, 6.45) is 10.7. The topological polar surface area (TPSA) is 36.8 Å². The van der Waals surface area contributed by atoms with Gasteiger partial charge in [0.05, 0.1) is 22.4 Å². The molecule has 0 atom stereocenters. The monoisotopic (exact) mass is 789 g/mol. The Morgan fingerprint density at radius 2 is 1.31 bits per heavy atom. The molecule has 3 aliphatic heterocycles. The van der Waals surface area contributed by atoms with Crippen LogP contribution in [-0.4, -0.2) is 27.9 Å². The fourth-order valence-electron chi connectivity index (χ4n) is 9.16. The molecule has 3 aliphatic rings. The van der Waals surface area contributed by atoms with E-state index in [9.17, 15) is 0 Å². The summed E-state index contributed by atoms with van der Waals surface area (Å²) in [7, 11) is 0. The van der Waals surface area contributed by atoms with Gasteiger partial charge in [-0.05, 0) is 94.5 Å². The van der Waals surface area contributed by atoms with Crippen LogP contribution >= 0.6 is 0 Å². The smallest absolute Gasteiger partial charge is 0.322 e. The molecule has 0 amide bonds. The molecule has 8 aromatic rings. The van der Waals surface area contributed by atoms with Gasteiger partial charge in [0, 0.05) is 52.3 Å². The molecule has 0 bridgehead atoms. The number of hydrogen-bond acceptors (Lipinski definition) is 5. The molecular weight excluding hydrogens is 745 g/mol. The Hall–Kier alpha value is -7.51. The molecule has 0 aliphatic carbocycles. The maximum atomic E-state index is 6.78. The molecule has 0 fully saturated rings. The van der Waals surface area contributed by atoms with Crippen molar-refractivity contribution in [2.24, 2.45) is 0 Å². The minimum atomic E-state index is -0.00737. The van der Waals surface area contributed by atoms with Crippen LogP contribution in [0.2, 0.25) is 0 Å². The summed E-state index contributed by atoms with van der Waals surface area (Å²) in [5.74, 6) is 4.73. The predicted molar refractivity (Wildman–Crippen MR) is 253 cm³/mol. The molecule has 294 valence electrons. The third-order valence-corrected chi connectivity index (χ3v) is 12.1. The fraction of sp³-hybridized carbons (Fsp3) is 0.0926. The van der Waals surface area contributed by atoms with Crippen molar-refractivity contribution in [3.63, 3.8) is 0 Å². The number of benzene rings is 6. The quantitative estimate of drug-likeness (QED) is 0.150. The number of aromatic nitrogens is 2. The molecule has 0 spiro atoms. The van der Waals surface area contributed by atoms with Crippen molar-refractivity contribution in [1.29, 1.82) is 0 Å². The molecule has 0 N–H and O–H groups in total. The summed E-state index contributed by atoms with van der Waals surface area (Å²) in [6, 6.07) is 58.1. The van der Waals surface area contributed by atoms with Crippen LogP contribution in [0.25, 0.3) is 38.7 Å². The van der Waals surface area contributed by atoms with Crippen LogP contribution in [-0.2, 0) is 5.41 Å². The first-order chi connectivity index (χ1) is 29.9. The van der Waals surface area contributed by atoms with Crippen molar-refractivity contribution >= 4 is 56.8 Å². The van der Waals surface area contributed by atoms with E-state index in [0.29, 0.717) is 6.67 Å². The second kappa shape index (κ2) is 14.6. The van der Waals surface area contributed by atoms with E-state index in [2.05, 4.69) is 228 Å². The Morgan fingerprint density at radius 3 is 2.11 bits per heavy atom. The van der Waals surface area contributed by atoms with Crippen LogP contribution in [0, 0.1) is 0 Å². The van der Waals surface area contributed by atoms with Crippen LogP contribution in [0.5, 0.6) is 11.5 Å². The lowest BCUT2D eigenvalue weighted by molar-refractivity contribution is 0.483. The fourth-order valence-corrected chi connectivity index (χ4v) is 9.16. The lowest BCUT2D eigenvalue weighted by Crippen LogP contribution is -2.40. The first kappa shape index (κ1) is 36.6. The maximum absolute atomic E-state index is 6.78. The highest BCUT2D eigenvalue weighted by Gasteiger charge is 2.39. The molecule has 0 saturated heterocycles. The van der Waals surface area contributed by atoms with Crippen LogP contribution in [0.15, 0.2) is 206 Å². The molecule has 0 unspecified atom stereocenters. The van der Waals surface area contributed by atoms with Crippen molar-refractivity contribution in [2.75, 3.05) is 16.5 Å². The van der Waals surface area contributed by atoms with Crippen LogP contribution in [0.3, 0.4) is 0 Å². The Bertz CT molecular complexity index is 3100. The second-order valence-corrected chi connectivity index (χ2v) is 16.9. The normalized spacial score (nSPS) is 14.8. The van der Waals surface area contributed by atoms with Gasteiger partial charge in [0.1, 0.15) is 24.0 Å². The molecule has 7 heteroatoms. The van der Waals surface area contributed by atoms with Gasteiger partial charge in [-0.2, -0.15) is 0 Å². The highest BCUT2D eigenvalue weighted by molar-refractivity contribution is 6.82. The Kier molecular flexibility index (Phi) is 8.78. The maximum Gasteiger partial charge on any atom is 0.322 e. The minimum absolute atomic E-state index is 0.00737. The van der Waals surface area contributed by atoms with E-state index in [4.69, 9.17) is 9.72 Å². The van der Waals surface area contributed by atoms with E-state index in [1.165, 1.54) is 38.8 Å². The standard InChI is InChI=1S/C54H44BN5O/c1-54(2,3)40-29-31-56-51(33-40)60-47-24-11-10-23-44(47)45-28-27-43(35-50(45)60)61-42-22-16-21-41(34-42)58-37-59(49-26-13-12-25-48(49)58)53-46(38-17-6-4-7-18-38)36-57-32-15-14-30-55(57)52(53)39-19-8-5-9-20-39/h4-36H,37H2,1-3H3. The molecule has 11 rings (SSSR count). The van der Waals surface area contributed by atoms with Gasteiger partial charge in [-0.25, -0.2) is 4.98 Å². The second-order valence-electron chi connectivity index (χ2n) is 16.9. The number of allylic oxidation sites excluding steroid dienone is 3. The molecule has 5 heterocycles. The van der Waals surface area contributed by atoms with Crippen molar-refractivity contribution in [2.45, 2.75) is 26.2 Å². The first-order valence-electron chi connectivity index (χ1n) is 21.0. The Labute approximate surface area is 357 Å². The van der Waals surface area contributed by atoms with Crippen LogP contribution in [0.1, 0.15) is 37.5 Å². The number of anilines is 3. The summed E-state index contributed by atoms with van der Waals surface area (Å²) in [4.78, 5) is 12.1.